The summed E-state index contributed by atoms with van der Waals surface area (Å²) in [4.78, 5) is 18.9. The fourth-order valence-electron chi connectivity index (χ4n) is 5.67. The summed E-state index contributed by atoms with van der Waals surface area (Å²) in [5.74, 6) is 1.84. The second-order valence-electron chi connectivity index (χ2n) is 9.38. The van der Waals surface area contributed by atoms with Gasteiger partial charge in [-0.2, -0.15) is 0 Å². The summed E-state index contributed by atoms with van der Waals surface area (Å²) < 4.78 is 0. The van der Waals surface area contributed by atoms with E-state index in [1.165, 1.54) is 35.5 Å². The highest BCUT2D eigenvalue weighted by atomic mass is 32.1. The number of carbonyl (C=O) groups is 1. The first-order valence-electron chi connectivity index (χ1n) is 11.6. The van der Waals surface area contributed by atoms with Crippen LogP contribution in [0.2, 0.25) is 0 Å². The maximum atomic E-state index is 12.7. The molecule has 5 rings (SSSR count). The molecule has 1 N–H and O–H groups in total. The van der Waals surface area contributed by atoms with Crippen molar-refractivity contribution >= 4 is 17.2 Å². The summed E-state index contributed by atoms with van der Waals surface area (Å²) >= 11 is 1.83. The zero-order valence-corrected chi connectivity index (χ0v) is 18.6. The number of rotatable bonds is 6. The van der Waals surface area contributed by atoms with E-state index in [-0.39, 0.29) is 0 Å². The molecule has 5 heteroatoms. The van der Waals surface area contributed by atoms with Crippen molar-refractivity contribution in [2.45, 2.75) is 51.2 Å². The van der Waals surface area contributed by atoms with E-state index in [0.717, 1.165) is 57.3 Å². The molecule has 2 saturated heterocycles. The molecule has 0 radical (unpaired) electrons. The summed E-state index contributed by atoms with van der Waals surface area (Å²) in [5.41, 5.74) is 2.78. The first kappa shape index (κ1) is 20.2. The molecule has 1 amide bonds. The second-order valence-corrected chi connectivity index (χ2v) is 10.4. The maximum Gasteiger partial charge on any atom is 0.222 e. The van der Waals surface area contributed by atoms with Gasteiger partial charge in [0.25, 0.3) is 0 Å². The van der Waals surface area contributed by atoms with Crippen molar-refractivity contribution in [3.05, 3.63) is 57.8 Å². The van der Waals surface area contributed by atoms with Crippen LogP contribution < -0.4 is 5.32 Å². The van der Waals surface area contributed by atoms with Gasteiger partial charge in [0.1, 0.15) is 0 Å². The third-order valence-electron chi connectivity index (χ3n) is 7.20. The zero-order valence-electron chi connectivity index (χ0n) is 17.8. The molecule has 160 valence electrons. The van der Waals surface area contributed by atoms with E-state index >= 15 is 0 Å². The molecule has 2 fully saturated rings. The van der Waals surface area contributed by atoms with Crippen LogP contribution in [0.4, 0.5) is 0 Å². The molecule has 3 aliphatic heterocycles. The lowest BCUT2D eigenvalue weighted by atomic mass is 9.79. The normalized spacial score (nSPS) is 26.4. The predicted octanol–water partition coefficient (Wildman–Crippen LogP) is 3.91. The van der Waals surface area contributed by atoms with Gasteiger partial charge in [-0.05, 0) is 66.6 Å². The zero-order chi connectivity index (χ0) is 20.3. The minimum atomic E-state index is 0.342. The van der Waals surface area contributed by atoms with Crippen molar-refractivity contribution in [2.75, 3.05) is 26.2 Å². The molecule has 2 aromatic rings. The van der Waals surface area contributed by atoms with Crippen LogP contribution >= 0.6 is 11.3 Å². The topological polar surface area (TPSA) is 35.6 Å². The average molecular weight is 424 g/mol. The number of benzene rings is 1. The standard InChI is InChI=1S/C25H33N3OS/c29-25(28-11-9-24-21(18-28)10-12-30-24)8-4-7-23-22-13-20(14-26-23)16-27(17-22)15-19-5-2-1-3-6-19/h1-3,5-6,10,12,20,22-23,26H,4,7-9,11,13-18H2/t20-,22+,23+/m0/s1. The van der Waals surface area contributed by atoms with Gasteiger partial charge in [0, 0.05) is 50.1 Å². The van der Waals surface area contributed by atoms with Crippen molar-refractivity contribution in [2.24, 2.45) is 11.8 Å². The maximum absolute atomic E-state index is 12.7. The third-order valence-corrected chi connectivity index (χ3v) is 8.22. The van der Waals surface area contributed by atoms with Crippen molar-refractivity contribution in [3.8, 4) is 0 Å². The van der Waals surface area contributed by atoms with E-state index in [0.29, 0.717) is 18.4 Å². The van der Waals surface area contributed by atoms with Crippen LogP contribution in [0, 0.1) is 11.8 Å². The number of hydrogen-bond donors (Lipinski definition) is 1. The Morgan fingerprint density at radius 2 is 2.07 bits per heavy atom. The van der Waals surface area contributed by atoms with Gasteiger partial charge >= 0.3 is 0 Å². The molecule has 2 bridgehead atoms. The Hall–Kier alpha value is -1.69. The molecule has 1 aromatic heterocycles. The molecule has 3 atom stereocenters. The molecule has 4 nitrogen and oxygen atoms in total. The van der Waals surface area contributed by atoms with Crippen molar-refractivity contribution in [1.29, 1.82) is 0 Å². The highest BCUT2D eigenvalue weighted by Crippen LogP contribution is 2.31. The van der Waals surface area contributed by atoms with Crippen LogP contribution in [0.25, 0.3) is 0 Å². The summed E-state index contributed by atoms with van der Waals surface area (Å²) in [5, 5.41) is 5.98. The lowest BCUT2D eigenvalue weighted by Gasteiger charge is -2.46. The summed E-state index contributed by atoms with van der Waals surface area (Å²) in [7, 11) is 0. The highest BCUT2D eigenvalue weighted by Gasteiger charge is 2.36. The molecule has 0 aliphatic carbocycles. The van der Waals surface area contributed by atoms with Crippen LogP contribution in [0.3, 0.4) is 0 Å². The number of likely N-dealkylation sites (tertiary alicyclic amines) is 1. The van der Waals surface area contributed by atoms with Gasteiger partial charge in [0.15, 0.2) is 0 Å². The highest BCUT2D eigenvalue weighted by molar-refractivity contribution is 7.10. The van der Waals surface area contributed by atoms with Gasteiger partial charge in [0.05, 0.1) is 0 Å². The summed E-state index contributed by atoms with van der Waals surface area (Å²) in [6, 6.07) is 13.6. The Morgan fingerprint density at radius 1 is 1.17 bits per heavy atom. The summed E-state index contributed by atoms with van der Waals surface area (Å²) in [6.07, 6.45) is 5.21. The van der Waals surface area contributed by atoms with E-state index < -0.39 is 0 Å². The Kier molecular flexibility index (Phi) is 6.21. The van der Waals surface area contributed by atoms with Gasteiger partial charge in [0.2, 0.25) is 5.91 Å². The number of nitrogens with one attached hydrogen (secondary N) is 1. The molecule has 0 unspecified atom stereocenters. The number of fused-ring (bicyclic) bond motifs is 3. The number of nitrogens with zero attached hydrogens (tertiary/aromatic N) is 2. The second kappa shape index (κ2) is 9.21. The van der Waals surface area contributed by atoms with Gasteiger partial charge in [-0.1, -0.05) is 30.3 Å². The fraction of sp³-hybridized carbons (Fsp3) is 0.560. The van der Waals surface area contributed by atoms with Gasteiger partial charge in [-0.3, -0.25) is 9.69 Å². The van der Waals surface area contributed by atoms with Crippen molar-refractivity contribution < 1.29 is 4.79 Å². The minimum Gasteiger partial charge on any atom is -0.338 e. The van der Waals surface area contributed by atoms with Crippen LogP contribution in [-0.2, 0) is 24.3 Å². The van der Waals surface area contributed by atoms with E-state index in [2.05, 4.69) is 56.9 Å². The monoisotopic (exact) mass is 423 g/mol. The predicted molar refractivity (Wildman–Crippen MR) is 122 cm³/mol. The Morgan fingerprint density at radius 3 is 2.97 bits per heavy atom. The minimum absolute atomic E-state index is 0.342. The van der Waals surface area contributed by atoms with E-state index in [1.807, 2.05) is 11.3 Å². The number of amides is 1. The molecule has 1 aromatic carbocycles. The van der Waals surface area contributed by atoms with Crippen LogP contribution in [0.5, 0.6) is 0 Å². The van der Waals surface area contributed by atoms with Crippen LogP contribution in [0.1, 0.15) is 41.7 Å². The number of hydrogen-bond acceptors (Lipinski definition) is 4. The van der Waals surface area contributed by atoms with E-state index in [1.54, 1.807) is 0 Å². The lowest BCUT2D eigenvalue weighted by Crippen LogP contribution is -2.55. The Balaban J connectivity index is 1.09. The molecule has 0 saturated carbocycles. The van der Waals surface area contributed by atoms with Crippen LogP contribution in [-0.4, -0.2) is 47.9 Å². The van der Waals surface area contributed by atoms with Gasteiger partial charge in [-0.15, -0.1) is 11.3 Å². The smallest absolute Gasteiger partial charge is 0.222 e. The SMILES string of the molecule is O=C(CCC[C@H]1NC[C@@H]2C[C@@H]1CN(Cc1ccccc1)C2)N1CCc2sccc2C1. The molecular formula is C25H33N3OS. The largest absolute Gasteiger partial charge is 0.338 e. The molecule has 30 heavy (non-hydrogen) atoms. The van der Waals surface area contributed by atoms with Gasteiger partial charge in [-0.25, -0.2) is 0 Å². The third kappa shape index (κ3) is 4.63. The molecule has 3 aliphatic rings. The van der Waals surface area contributed by atoms with Gasteiger partial charge < -0.3 is 10.2 Å². The van der Waals surface area contributed by atoms with Crippen molar-refractivity contribution in [1.82, 2.24) is 15.1 Å². The quantitative estimate of drug-likeness (QED) is 0.765. The Labute approximate surface area is 184 Å². The number of piperidine rings is 2. The lowest BCUT2D eigenvalue weighted by molar-refractivity contribution is -0.132. The Bertz CT molecular complexity index is 851. The fourth-order valence-corrected chi connectivity index (χ4v) is 6.56. The van der Waals surface area contributed by atoms with E-state index in [9.17, 15) is 4.79 Å². The first-order valence-corrected chi connectivity index (χ1v) is 12.5. The molecule has 0 spiro atoms. The number of carbonyl (C=O) groups excluding carboxylic acids is 1. The number of thiophene rings is 1. The molecule has 4 heterocycles. The molecular weight excluding hydrogens is 390 g/mol. The van der Waals surface area contributed by atoms with Crippen molar-refractivity contribution in [3.63, 3.8) is 0 Å². The van der Waals surface area contributed by atoms with Crippen LogP contribution in [0.15, 0.2) is 41.8 Å². The summed E-state index contributed by atoms with van der Waals surface area (Å²) in [6.45, 7) is 6.31. The average Bonchev–Trinajstić information content (AvgIpc) is 3.24. The first-order chi connectivity index (χ1) is 14.7. The van der Waals surface area contributed by atoms with E-state index in [4.69, 9.17) is 0 Å².